The van der Waals surface area contributed by atoms with Crippen LogP contribution >= 0.6 is 22.9 Å². The Balaban J connectivity index is 1.91. The highest BCUT2D eigenvalue weighted by atomic mass is 35.5. The first-order valence-electron chi connectivity index (χ1n) is 4.72. The summed E-state index contributed by atoms with van der Waals surface area (Å²) < 4.78 is 0.902. The lowest BCUT2D eigenvalue weighted by Crippen LogP contribution is -2.33. The molecule has 0 spiro atoms. The Hall–Kier alpha value is -0.0500. The third kappa shape index (κ3) is 2.06. The molecule has 3 heteroatoms. The van der Waals surface area contributed by atoms with E-state index in [1.54, 1.807) is 11.3 Å². The van der Waals surface area contributed by atoms with E-state index in [0.29, 0.717) is 0 Å². The summed E-state index contributed by atoms with van der Waals surface area (Å²) in [6.45, 7) is 0.850. The minimum atomic E-state index is 0.763. The van der Waals surface area contributed by atoms with Gasteiger partial charge in [-0.3, -0.25) is 0 Å². The van der Waals surface area contributed by atoms with Crippen LogP contribution in [0.4, 0.5) is 0 Å². The maximum Gasteiger partial charge on any atom is 0.0931 e. The Bertz CT molecular complexity index is 282. The van der Waals surface area contributed by atoms with Crippen molar-refractivity contribution in [2.24, 2.45) is 17.6 Å². The molecule has 1 nitrogen and oxygen atoms in total. The predicted molar refractivity (Wildman–Crippen MR) is 58.3 cm³/mol. The van der Waals surface area contributed by atoms with Gasteiger partial charge in [-0.2, -0.15) is 0 Å². The van der Waals surface area contributed by atoms with E-state index in [0.717, 1.165) is 22.7 Å². The van der Waals surface area contributed by atoms with Crippen LogP contribution in [0.25, 0.3) is 0 Å². The summed E-state index contributed by atoms with van der Waals surface area (Å²) in [6.07, 6.45) is 3.83. The van der Waals surface area contributed by atoms with Crippen LogP contribution in [-0.2, 0) is 6.42 Å². The summed E-state index contributed by atoms with van der Waals surface area (Å²) in [5.74, 6) is 1.58. The van der Waals surface area contributed by atoms with Crippen molar-refractivity contribution in [1.29, 1.82) is 0 Å². The molecule has 13 heavy (non-hydrogen) atoms. The maximum absolute atomic E-state index is 5.87. The molecule has 0 aliphatic heterocycles. The Morgan fingerprint density at radius 3 is 2.69 bits per heavy atom. The number of hydrogen-bond donors (Lipinski definition) is 1. The first-order chi connectivity index (χ1) is 6.29. The molecule has 0 aromatic carbocycles. The fourth-order valence-electron chi connectivity index (χ4n) is 1.97. The molecule has 0 radical (unpaired) electrons. The molecule has 1 aliphatic rings. The lowest BCUT2D eigenvalue weighted by molar-refractivity contribution is 0.183. The maximum atomic E-state index is 5.87. The van der Waals surface area contributed by atoms with Crippen LogP contribution in [0, 0.1) is 11.8 Å². The Kier molecular flexibility index (Phi) is 2.92. The molecular formula is C10H14ClNS. The Morgan fingerprint density at radius 1 is 1.46 bits per heavy atom. The molecule has 72 valence electrons. The normalized spacial score (nSPS) is 27.2. The van der Waals surface area contributed by atoms with Gasteiger partial charge in [-0.1, -0.05) is 11.6 Å². The van der Waals surface area contributed by atoms with Crippen molar-refractivity contribution >= 4 is 22.9 Å². The predicted octanol–water partition coefficient (Wildman–Crippen LogP) is 2.93. The third-order valence-electron chi connectivity index (χ3n) is 3.00. The molecule has 1 aromatic heterocycles. The van der Waals surface area contributed by atoms with Crippen molar-refractivity contribution in [3.8, 4) is 0 Å². The van der Waals surface area contributed by atoms with Gasteiger partial charge in [0.05, 0.1) is 4.34 Å². The minimum absolute atomic E-state index is 0.763. The average Bonchev–Trinajstić information content (AvgIpc) is 2.46. The molecule has 2 N–H and O–H groups in total. The summed E-state index contributed by atoms with van der Waals surface area (Å²) in [5, 5.41) is 2.16. The zero-order valence-electron chi connectivity index (χ0n) is 7.50. The summed E-state index contributed by atoms with van der Waals surface area (Å²) in [7, 11) is 0. The van der Waals surface area contributed by atoms with Crippen molar-refractivity contribution in [3.05, 3.63) is 21.3 Å². The van der Waals surface area contributed by atoms with E-state index < -0.39 is 0 Å². The molecule has 2 rings (SSSR count). The van der Waals surface area contributed by atoms with Gasteiger partial charge in [0, 0.05) is 0 Å². The van der Waals surface area contributed by atoms with Crippen molar-refractivity contribution in [2.45, 2.75) is 19.3 Å². The SMILES string of the molecule is NCC1CCC1Cc1csc(Cl)c1. The van der Waals surface area contributed by atoms with Gasteiger partial charge in [0.25, 0.3) is 0 Å². The smallest absolute Gasteiger partial charge is 0.0931 e. The molecule has 1 fully saturated rings. The van der Waals surface area contributed by atoms with Crippen LogP contribution in [-0.4, -0.2) is 6.54 Å². The summed E-state index contributed by atoms with van der Waals surface area (Å²) in [5.41, 5.74) is 7.05. The molecule has 0 amide bonds. The van der Waals surface area contributed by atoms with E-state index >= 15 is 0 Å². The topological polar surface area (TPSA) is 26.0 Å². The fourth-order valence-corrected chi connectivity index (χ4v) is 2.89. The molecule has 1 heterocycles. The zero-order chi connectivity index (χ0) is 9.26. The van der Waals surface area contributed by atoms with Crippen molar-refractivity contribution in [1.82, 2.24) is 0 Å². The van der Waals surface area contributed by atoms with Crippen LogP contribution in [0.2, 0.25) is 4.34 Å². The van der Waals surface area contributed by atoms with Crippen LogP contribution in [0.3, 0.4) is 0 Å². The molecule has 1 aromatic rings. The van der Waals surface area contributed by atoms with Crippen LogP contribution in [0.1, 0.15) is 18.4 Å². The van der Waals surface area contributed by atoms with Crippen LogP contribution in [0.5, 0.6) is 0 Å². The first kappa shape index (κ1) is 9.50. The minimum Gasteiger partial charge on any atom is -0.330 e. The Morgan fingerprint density at radius 2 is 2.23 bits per heavy atom. The van der Waals surface area contributed by atoms with E-state index in [1.165, 1.54) is 24.8 Å². The lowest BCUT2D eigenvalue weighted by atomic mass is 9.71. The second-order valence-electron chi connectivity index (χ2n) is 3.80. The van der Waals surface area contributed by atoms with E-state index in [1.807, 2.05) is 0 Å². The monoisotopic (exact) mass is 215 g/mol. The second kappa shape index (κ2) is 3.99. The summed E-state index contributed by atoms with van der Waals surface area (Å²) >= 11 is 7.49. The Labute approximate surface area is 87.9 Å². The van der Waals surface area contributed by atoms with Gasteiger partial charge in [0.1, 0.15) is 0 Å². The highest BCUT2D eigenvalue weighted by molar-refractivity contribution is 7.14. The number of nitrogens with two attached hydrogens (primary N) is 1. The number of hydrogen-bond acceptors (Lipinski definition) is 2. The van der Waals surface area contributed by atoms with Gasteiger partial charge in [0.2, 0.25) is 0 Å². The van der Waals surface area contributed by atoms with Crippen LogP contribution in [0.15, 0.2) is 11.4 Å². The van der Waals surface area contributed by atoms with Crippen molar-refractivity contribution in [2.75, 3.05) is 6.54 Å². The molecule has 1 saturated carbocycles. The zero-order valence-corrected chi connectivity index (χ0v) is 9.07. The van der Waals surface area contributed by atoms with Gasteiger partial charge in [-0.25, -0.2) is 0 Å². The fraction of sp³-hybridized carbons (Fsp3) is 0.600. The van der Waals surface area contributed by atoms with Crippen molar-refractivity contribution in [3.63, 3.8) is 0 Å². The van der Waals surface area contributed by atoms with E-state index in [9.17, 15) is 0 Å². The van der Waals surface area contributed by atoms with Crippen LogP contribution < -0.4 is 5.73 Å². The standard InChI is InChI=1S/C10H14ClNS/c11-10-4-7(6-13-10)3-8-1-2-9(8)5-12/h4,6,8-9H,1-3,5,12H2. The van der Waals surface area contributed by atoms with Gasteiger partial charge in [-0.05, 0) is 54.7 Å². The van der Waals surface area contributed by atoms with Gasteiger partial charge >= 0.3 is 0 Å². The lowest BCUT2D eigenvalue weighted by Gasteiger charge is -2.35. The van der Waals surface area contributed by atoms with E-state index in [-0.39, 0.29) is 0 Å². The number of halogens is 1. The quantitative estimate of drug-likeness (QED) is 0.825. The third-order valence-corrected chi connectivity index (χ3v) is 4.14. The van der Waals surface area contributed by atoms with E-state index in [2.05, 4.69) is 11.4 Å². The first-order valence-corrected chi connectivity index (χ1v) is 5.98. The molecular weight excluding hydrogens is 202 g/mol. The van der Waals surface area contributed by atoms with Gasteiger partial charge < -0.3 is 5.73 Å². The second-order valence-corrected chi connectivity index (χ2v) is 5.34. The average molecular weight is 216 g/mol. The molecule has 0 bridgehead atoms. The summed E-state index contributed by atoms with van der Waals surface area (Å²) in [4.78, 5) is 0. The van der Waals surface area contributed by atoms with E-state index in [4.69, 9.17) is 17.3 Å². The molecule has 2 unspecified atom stereocenters. The van der Waals surface area contributed by atoms with Gasteiger partial charge in [-0.15, -0.1) is 11.3 Å². The van der Waals surface area contributed by atoms with Crippen molar-refractivity contribution < 1.29 is 0 Å². The molecule has 0 saturated heterocycles. The summed E-state index contributed by atoms with van der Waals surface area (Å²) in [6, 6.07) is 2.08. The highest BCUT2D eigenvalue weighted by Crippen LogP contribution is 2.36. The molecule has 2 atom stereocenters. The highest BCUT2D eigenvalue weighted by Gasteiger charge is 2.29. The van der Waals surface area contributed by atoms with Gasteiger partial charge in [0.15, 0.2) is 0 Å². The largest absolute Gasteiger partial charge is 0.330 e. The molecule has 1 aliphatic carbocycles. The number of rotatable bonds is 3. The number of thiophene rings is 1.